The number of carbonyl (C=O) groups is 2. The molecule has 1 heterocycles. The molecule has 0 saturated carbocycles. The van der Waals surface area contributed by atoms with Gasteiger partial charge in [-0.25, -0.2) is 0 Å². The van der Waals surface area contributed by atoms with Crippen LogP contribution in [0.5, 0.6) is 0 Å². The van der Waals surface area contributed by atoms with Crippen molar-refractivity contribution in [1.29, 1.82) is 0 Å². The predicted octanol–water partition coefficient (Wildman–Crippen LogP) is 5.87. The summed E-state index contributed by atoms with van der Waals surface area (Å²) in [5.74, 6) is 0.342. The van der Waals surface area contributed by atoms with Gasteiger partial charge in [0.1, 0.15) is 5.78 Å². The highest BCUT2D eigenvalue weighted by molar-refractivity contribution is 6.08. The highest BCUT2D eigenvalue weighted by Gasteiger charge is 2.15. The molecule has 0 spiro atoms. The Kier molecular flexibility index (Phi) is 6.53. The number of fused-ring (bicyclic) bond motifs is 1. The Hall–Kier alpha value is -3.01. The fourth-order valence-corrected chi connectivity index (χ4v) is 3.29. The highest BCUT2D eigenvalue weighted by atomic mass is 16.1. The molecule has 28 heavy (non-hydrogen) atoms. The first-order chi connectivity index (χ1) is 13.6. The van der Waals surface area contributed by atoms with E-state index in [9.17, 15) is 9.59 Å². The van der Waals surface area contributed by atoms with E-state index < -0.39 is 0 Å². The molecule has 1 N–H and O–H groups in total. The molecule has 144 valence electrons. The third kappa shape index (κ3) is 4.63. The number of ketones is 2. The minimum absolute atomic E-state index is 0.0522. The van der Waals surface area contributed by atoms with E-state index in [0.717, 1.165) is 34.3 Å². The predicted molar refractivity (Wildman–Crippen MR) is 114 cm³/mol. The standard InChI is InChI=1S/C24H26N2O2/c1-3-8-19(27)13-11-17-12-14-22-20(15-17)24(21(16-25-22)23(28)4-2)26-18-9-6-5-7-10-18/h5-7,9-10,12,14-16H,3-4,8,11,13H2,1-2H3,(H,25,26). The van der Waals surface area contributed by atoms with Crippen LogP contribution in [0.2, 0.25) is 0 Å². The molecule has 4 heteroatoms. The molecule has 0 unspecified atom stereocenters. The van der Waals surface area contributed by atoms with Gasteiger partial charge in [0.15, 0.2) is 5.78 Å². The van der Waals surface area contributed by atoms with Gasteiger partial charge in [0, 0.05) is 36.5 Å². The van der Waals surface area contributed by atoms with Crippen molar-refractivity contribution in [3.8, 4) is 0 Å². The third-order valence-electron chi connectivity index (χ3n) is 4.82. The Bertz CT molecular complexity index is 981. The molecule has 0 aliphatic carbocycles. The number of Topliss-reactive ketones (excluding diaryl/α,β-unsaturated/α-hetero) is 2. The summed E-state index contributed by atoms with van der Waals surface area (Å²) in [5, 5.41) is 4.32. The summed E-state index contributed by atoms with van der Waals surface area (Å²) in [5.41, 5.74) is 4.21. The lowest BCUT2D eigenvalue weighted by atomic mass is 10.00. The quantitative estimate of drug-likeness (QED) is 0.476. The van der Waals surface area contributed by atoms with Crippen LogP contribution >= 0.6 is 0 Å². The largest absolute Gasteiger partial charge is 0.354 e. The number of rotatable bonds is 9. The molecule has 0 radical (unpaired) electrons. The van der Waals surface area contributed by atoms with Crippen LogP contribution in [0, 0.1) is 0 Å². The van der Waals surface area contributed by atoms with E-state index in [0.29, 0.717) is 37.0 Å². The summed E-state index contributed by atoms with van der Waals surface area (Å²) >= 11 is 0. The molecular formula is C24H26N2O2. The number of benzene rings is 2. The zero-order valence-corrected chi connectivity index (χ0v) is 16.5. The molecule has 0 aliphatic rings. The number of nitrogens with zero attached hydrogens (tertiary/aromatic N) is 1. The number of aryl methyl sites for hydroxylation is 1. The van der Waals surface area contributed by atoms with Gasteiger partial charge in [-0.3, -0.25) is 14.6 Å². The number of pyridine rings is 1. The lowest BCUT2D eigenvalue weighted by Gasteiger charge is -2.15. The van der Waals surface area contributed by atoms with Gasteiger partial charge in [-0.2, -0.15) is 0 Å². The van der Waals surface area contributed by atoms with Crippen LogP contribution in [0.15, 0.2) is 54.7 Å². The molecule has 0 atom stereocenters. The molecule has 3 aromatic rings. The van der Waals surface area contributed by atoms with E-state index in [1.165, 1.54) is 0 Å². The second-order valence-electron chi connectivity index (χ2n) is 6.95. The molecule has 4 nitrogen and oxygen atoms in total. The van der Waals surface area contributed by atoms with E-state index in [4.69, 9.17) is 0 Å². The molecule has 3 rings (SSSR count). The average molecular weight is 374 g/mol. The summed E-state index contributed by atoms with van der Waals surface area (Å²) in [4.78, 5) is 28.9. The molecule has 2 aromatic carbocycles. The maximum Gasteiger partial charge on any atom is 0.166 e. The van der Waals surface area contributed by atoms with Gasteiger partial charge in [0.05, 0.1) is 16.8 Å². The van der Waals surface area contributed by atoms with Gasteiger partial charge >= 0.3 is 0 Å². The molecule has 1 aromatic heterocycles. The fourth-order valence-electron chi connectivity index (χ4n) is 3.29. The van der Waals surface area contributed by atoms with Gasteiger partial charge < -0.3 is 5.32 Å². The molecule has 0 saturated heterocycles. The number of aromatic nitrogens is 1. The van der Waals surface area contributed by atoms with E-state index in [1.54, 1.807) is 6.20 Å². The summed E-state index contributed by atoms with van der Waals surface area (Å²) in [6, 6.07) is 15.8. The van der Waals surface area contributed by atoms with Gasteiger partial charge in [-0.1, -0.05) is 38.1 Å². The van der Waals surface area contributed by atoms with Crippen molar-refractivity contribution >= 4 is 33.8 Å². The zero-order chi connectivity index (χ0) is 19.9. The first-order valence-corrected chi connectivity index (χ1v) is 9.91. The Morgan fingerprint density at radius 2 is 1.79 bits per heavy atom. The Morgan fingerprint density at radius 3 is 2.50 bits per heavy atom. The highest BCUT2D eigenvalue weighted by Crippen LogP contribution is 2.31. The Morgan fingerprint density at radius 1 is 1.00 bits per heavy atom. The molecule has 0 fully saturated rings. The first kappa shape index (κ1) is 19.7. The van der Waals surface area contributed by atoms with Crippen LogP contribution in [-0.4, -0.2) is 16.6 Å². The lowest BCUT2D eigenvalue weighted by molar-refractivity contribution is -0.119. The van der Waals surface area contributed by atoms with Gasteiger partial charge in [-0.15, -0.1) is 0 Å². The monoisotopic (exact) mass is 374 g/mol. The van der Waals surface area contributed by atoms with E-state index >= 15 is 0 Å². The number of carbonyl (C=O) groups excluding carboxylic acids is 2. The van der Waals surface area contributed by atoms with Crippen molar-refractivity contribution in [2.75, 3.05) is 5.32 Å². The summed E-state index contributed by atoms with van der Waals surface area (Å²) in [6.07, 6.45) is 4.83. The van der Waals surface area contributed by atoms with Gasteiger partial charge in [-0.05, 0) is 42.7 Å². The van der Waals surface area contributed by atoms with E-state index in [1.807, 2.05) is 56.3 Å². The molecular weight excluding hydrogens is 348 g/mol. The zero-order valence-electron chi connectivity index (χ0n) is 16.5. The van der Waals surface area contributed by atoms with Crippen LogP contribution in [0.25, 0.3) is 10.9 Å². The normalized spacial score (nSPS) is 10.8. The summed E-state index contributed by atoms with van der Waals surface area (Å²) in [6.45, 7) is 3.88. The van der Waals surface area contributed by atoms with Crippen molar-refractivity contribution in [1.82, 2.24) is 4.98 Å². The van der Waals surface area contributed by atoms with Crippen molar-refractivity contribution in [2.24, 2.45) is 0 Å². The second kappa shape index (κ2) is 9.27. The van der Waals surface area contributed by atoms with Crippen LogP contribution in [0.1, 0.15) is 55.5 Å². The topological polar surface area (TPSA) is 59.1 Å². The second-order valence-corrected chi connectivity index (χ2v) is 6.95. The fraction of sp³-hybridized carbons (Fsp3) is 0.292. The number of hydrogen-bond donors (Lipinski definition) is 1. The smallest absolute Gasteiger partial charge is 0.166 e. The van der Waals surface area contributed by atoms with Crippen LogP contribution in [0.3, 0.4) is 0 Å². The van der Waals surface area contributed by atoms with Crippen LogP contribution in [-0.2, 0) is 11.2 Å². The molecule has 0 bridgehead atoms. The number of nitrogens with one attached hydrogen (secondary N) is 1. The van der Waals surface area contributed by atoms with E-state index in [-0.39, 0.29) is 5.78 Å². The van der Waals surface area contributed by atoms with Gasteiger partial charge in [0.2, 0.25) is 0 Å². The maximum atomic E-state index is 12.5. The Balaban J connectivity index is 2.02. The van der Waals surface area contributed by atoms with Crippen molar-refractivity contribution in [2.45, 2.75) is 46.0 Å². The van der Waals surface area contributed by atoms with Crippen molar-refractivity contribution in [3.05, 3.63) is 65.9 Å². The summed E-state index contributed by atoms with van der Waals surface area (Å²) < 4.78 is 0. The number of anilines is 2. The third-order valence-corrected chi connectivity index (χ3v) is 4.82. The number of hydrogen-bond acceptors (Lipinski definition) is 4. The first-order valence-electron chi connectivity index (χ1n) is 9.91. The lowest BCUT2D eigenvalue weighted by Crippen LogP contribution is -2.05. The van der Waals surface area contributed by atoms with Crippen LogP contribution in [0.4, 0.5) is 11.4 Å². The molecule has 0 aliphatic heterocycles. The number of para-hydroxylation sites is 1. The maximum absolute atomic E-state index is 12.5. The average Bonchev–Trinajstić information content (AvgIpc) is 2.73. The van der Waals surface area contributed by atoms with Crippen molar-refractivity contribution in [3.63, 3.8) is 0 Å². The molecule has 0 amide bonds. The minimum atomic E-state index is 0.0522. The summed E-state index contributed by atoms with van der Waals surface area (Å²) in [7, 11) is 0. The van der Waals surface area contributed by atoms with Crippen LogP contribution < -0.4 is 5.32 Å². The minimum Gasteiger partial charge on any atom is -0.354 e. The SMILES string of the molecule is CCCC(=O)CCc1ccc2ncc(C(=O)CC)c(Nc3ccccc3)c2c1. The van der Waals surface area contributed by atoms with Crippen molar-refractivity contribution < 1.29 is 9.59 Å². The van der Waals surface area contributed by atoms with Gasteiger partial charge in [0.25, 0.3) is 0 Å². The van der Waals surface area contributed by atoms with E-state index in [2.05, 4.69) is 16.4 Å². The Labute approximate surface area is 166 Å².